The summed E-state index contributed by atoms with van der Waals surface area (Å²) < 4.78 is 0. The molecule has 0 aromatic rings. The standard InChI is InChI=1S/C10H22B2/c1-9(2)6-4-8(5-7-9)10(3,11)12/h8H,4-7,11-12H2,1-3H3. The van der Waals surface area contributed by atoms with E-state index < -0.39 is 0 Å². The fourth-order valence-corrected chi connectivity index (χ4v) is 2.27. The van der Waals surface area contributed by atoms with Crippen molar-refractivity contribution in [3.8, 4) is 0 Å². The van der Waals surface area contributed by atoms with E-state index in [1.165, 1.54) is 25.7 Å². The molecule has 0 spiro atoms. The molecule has 2 heteroatoms. The molecule has 0 amide bonds. The van der Waals surface area contributed by atoms with E-state index in [2.05, 4.69) is 36.5 Å². The average molecular weight is 164 g/mol. The molecule has 0 unspecified atom stereocenters. The molecular weight excluding hydrogens is 142 g/mol. The maximum absolute atomic E-state index is 2.41. The van der Waals surface area contributed by atoms with E-state index in [9.17, 15) is 0 Å². The van der Waals surface area contributed by atoms with Crippen LogP contribution in [-0.4, -0.2) is 15.7 Å². The van der Waals surface area contributed by atoms with E-state index in [1.807, 2.05) is 0 Å². The minimum Gasteiger partial charge on any atom is -0.0845 e. The second kappa shape index (κ2) is 3.12. The second-order valence-electron chi connectivity index (χ2n) is 6.30. The molecular formula is C10H22B2. The van der Waals surface area contributed by atoms with Crippen LogP contribution in [0.15, 0.2) is 0 Å². The van der Waals surface area contributed by atoms with Gasteiger partial charge in [-0.15, -0.1) is 0 Å². The van der Waals surface area contributed by atoms with E-state index in [4.69, 9.17) is 0 Å². The van der Waals surface area contributed by atoms with Gasteiger partial charge in [0.25, 0.3) is 0 Å². The van der Waals surface area contributed by atoms with Crippen molar-refractivity contribution in [3.63, 3.8) is 0 Å². The van der Waals surface area contributed by atoms with Crippen LogP contribution in [0, 0.1) is 11.3 Å². The number of hydrogen-bond acceptors (Lipinski definition) is 0. The van der Waals surface area contributed by atoms with Gasteiger partial charge in [-0.2, -0.15) is 0 Å². The molecule has 0 radical (unpaired) electrons. The van der Waals surface area contributed by atoms with Crippen molar-refractivity contribution in [2.45, 2.75) is 51.7 Å². The van der Waals surface area contributed by atoms with Gasteiger partial charge in [0, 0.05) is 0 Å². The van der Waals surface area contributed by atoms with Crippen molar-refractivity contribution < 1.29 is 0 Å². The molecule has 1 saturated carbocycles. The molecule has 0 aliphatic heterocycles. The van der Waals surface area contributed by atoms with Crippen LogP contribution in [0.2, 0.25) is 5.21 Å². The molecule has 1 aliphatic rings. The molecule has 0 nitrogen and oxygen atoms in total. The van der Waals surface area contributed by atoms with Gasteiger partial charge >= 0.3 is 0 Å². The molecule has 68 valence electrons. The summed E-state index contributed by atoms with van der Waals surface area (Å²) in [5.41, 5.74) is 0.627. The van der Waals surface area contributed by atoms with E-state index >= 15 is 0 Å². The van der Waals surface area contributed by atoms with Crippen LogP contribution in [0.5, 0.6) is 0 Å². The Kier molecular flexibility index (Phi) is 2.66. The summed E-state index contributed by atoms with van der Waals surface area (Å²) in [5.74, 6) is 0.963. The van der Waals surface area contributed by atoms with Crippen molar-refractivity contribution in [2.75, 3.05) is 0 Å². The molecule has 0 bridgehead atoms. The van der Waals surface area contributed by atoms with Crippen LogP contribution in [0.3, 0.4) is 0 Å². The topological polar surface area (TPSA) is 0 Å². The Morgan fingerprint density at radius 3 is 1.92 bits per heavy atom. The normalized spacial score (nSPS) is 25.6. The van der Waals surface area contributed by atoms with E-state index in [0.29, 0.717) is 10.6 Å². The lowest BCUT2D eigenvalue weighted by Gasteiger charge is -2.40. The Morgan fingerprint density at radius 2 is 1.58 bits per heavy atom. The highest BCUT2D eigenvalue weighted by atomic mass is 14.3. The zero-order valence-corrected chi connectivity index (χ0v) is 9.41. The van der Waals surface area contributed by atoms with Gasteiger partial charge in [0.2, 0.25) is 0 Å². The van der Waals surface area contributed by atoms with Crippen molar-refractivity contribution in [1.29, 1.82) is 0 Å². The zero-order chi connectivity index (χ0) is 9.41. The minimum atomic E-state index is 0.538. The van der Waals surface area contributed by atoms with Gasteiger partial charge in [0.1, 0.15) is 0 Å². The Labute approximate surface area is 79.3 Å². The highest BCUT2D eigenvalue weighted by Gasteiger charge is 2.32. The molecule has 0 heterocycles. The fraction of sp³-hybridized carbons (Fsp3) is 1.00. The van der Waals surface area contributed by atoms with Crippen LogP contribution in [0.4, 0.5) is 0 Å². The third-order valence-corrected chi connectivity index (χ3v) is 3.56. The summed E-state index contributed by atoms with van der Waals surface area (Å²) in [5, 5.41) is 0.538. The third kappa shape index (κ3) is 2.57. The van der Waals surface area contributed by atoms with Gasteiger partial charge < -0.3 is 0 Å². The molecule has 0 saturated heterocycles. The first-order chi connectivity index (χ1) is 5.31. The largest absolute Gasteiger partial charge is 0.0992 e. The summed E-state index contributed by atoms with van der Waals surface area (Å²) in [4.78, 5) is 0. The highest BCUT2D eigenvalue weighted by Crippen LogP contribution is 2.45. The van der Waals surface area contributed by atoms with Crippen molar-refractivity contribution in [2.24, 2.45) is 11.3 Å². The van der Waals surface area contributed by atoms with Gasteiger partial charge in [0.15, 0.2) is 0 Å². The van der Waals surface area contributed by atoms with Crippen LogP contribution >= 0.6 is 0 Å². The van der Waals surface area contributed by atoms with Crippen LogP contribution in [0.1, 0.15) is 46.5 Å². The first-order valence-corrected chi connectivity index (χ1v) is 5.31. The van der Waals surface area contributed by atoms with Gasteiger partial charge in [-0.05, 0) is 18.3 Å². The predicted molar refractivity (Wildman–Crippen MR) is 61.2 cm³/mol. The van der Waals surface area contributed by atoms with Crippen molar-refractivity contribution in [1.82, 2.24) is 0 Å². The maximum atomic E-state index is 2.41. The molecule has 12 heavy (non-hydrogen) atoms. The quantitative estimate of drug-likeness (QED) is 0.516. The third-order valence-electron chi connectivity index (χ3n) is 3.56. The lowest BCUT2D eigenvalue weighted by atomic mass is 9.46. The summed E-state index contributed by atoms with van der Waals surface area (Å²) in [6.45, 7) is 7.20. The van der Waals surface area contributed by atoms with Crippen molar-refractivity contribution >= 4 is 15.7 Å². The number of rotatable bonds is 1. The molecule has 0 N–H and O–H groups in total. The number of hydrogen-bond donors (Lipinski definition) is 0. The molecule has 1 fully saturated rings. The fourth-order valence-electron chi connectivity index (χ4n) is 2.27. The second-order valence-corrected chi connectivity index (χ2v) is 6.30. The average Bonchev–Trinajstić information content (AvgIpc) is 1.83. The van der Waals surface area contributed by atoms with Gasteiger partial charge in [-0.3, -0.25) is 0 Å². The lowest BCUT2D eigenvalue weighted by Crippen LogP contribution is -2.29. The highest BCUT2D eigenvalue weighted by molar-refractivity contribution is 6.39. The van der Waals surface area contributed by atoms with Crippen molar-refractivity contribution in [3.05, 3.63) is 0 Å². The van der Waals surface area contributed by atoms with E-state index in [0.717, 1.165) is 5.92 Å². The monoisotopic (exact) mass is 164 g/mol. The first kappa shape index (κ1) is 10.2. The molecule has 1 aliphatic carbocycles. The lowest BCUT2D eigenvalue weighted by molar-refractivity contribution is 0.181. The molecule has 0 atom stereocenters. The van der Waals surface area contributed by atoms with E-state index in [-0.39, 0.29) is 0 Å². The Hall–Kier alpha value is 0.130. The zero-order valence-electron chi connectivity index (χ0n) is 9.41. The first-order valence-electron chi connectivity index (χ1n) is 5.31. The Morgan fingerprint density at radius 1 is 1.17 bits per heavy atom. The van der Waals surface area contributed by atoms with Crippen LogP contribution in [-0.2, 0) is 0 Å². The summed E-state index contributed by atoms with van der Waals surface area (Å²) in [6.07, 6.45) is 5.73. The smallest absolute Gasteiger partial charge is 0.0845 e. The summed E-state index contributed by atoms with van der Waals surface area (Å²) >= 11 is 0. The summed E-state index contributed by atoms with van der Waals surface area (Å²) in [7, 11) is 4.77. The Balaban J connectivity index is 2.47. The summed E-state index contributed by atoms with van der Waals surface area (Å²) in [6, 6.07) is 0. The van der Waals surface area contributed by atoms with Crippen LogP contribution < -0.4 is 0 Å². The van der Waals surface area contributed by atoms with E-state index in [1.54, 1.807) is 0 Å². The van der Waals surface area contributed by atoms with Gasteiger partial charge in [-0.1, -0.05) is 44.7 Å². The molecule has 0 aromatic carbocycles. The predicted octanol–water partition coefficient (Wildman–Crippen LogP) is 1.61. The molecule has 1 rings (SSSR count). The van der Waals surface area contributed by atoms with Crippen LogP contribution in [0.25, 0.3) is 0 Å². The SMILES string of the molecule is BC(B)(C)C1CCC(C)(C)CC1. The van der Waals surface area contributed by atoms with Gasteiger partial charge in [-0.25, -0.2) is 0 Å². The molecule has 0 aromatic heterocycles. The maximum Gasteiger partial charge on any atom is 0.0992 e. The minimum absolute atomic E-state index is 0.538. The van der Waals surface area contributed by atoms with Gasteiger partial charge in [0.05, 0.1) is 15.7 Å². The Bertz CT molecular complexity index is 146.